The van der Waals surface area contributed by atoms with Gasteiger partial charge in [0.1, 0.15) is 0 Å². The van der Waals surface area contributed by atoms with Crippen LogP contribution in [0.25, 0.3) is 0 Å². The van der Waals surface area contributed by atoms with E-state index in [-0.39, 0.29) is 18.4 Å². The molecule has 7 heteroatoms. The Morgan fingerprint density at radius 3 is 2.43 bits per heavy atom. The fourth-order valence-electron chi connectivity index (χ4n) is 3.87. The Bertz CT molecular complexity index is 981. The summed E-state index contributed by atoms with van der Waals surface area (Å²) in [6, 6.07) is 11.2. The molecule has 0 aliphatic carbocycles. The van der Waals surface area contributed by atoms with Gasteiger partial charge in [-0.25, -0.2) is 8.42 Å². The monoisotopic (exact) mass is 464 g/mol. The summed E-state index contributed by atoms with van der Waals surface area (Å²) in [7, 11) is -3.64. The number of aryl methyl sites for hydroxylation is 3. The Kier molecular flexibility index (Phi) is 6.27. The molecule has 1 saturated heterocycles. The molecule has 5 nitrogen and oxygen atoms in total. The molecule has 3 rings (SSSR count). The number of piperidine rings is 1. The van der Waals surface area contributed by atoms with Crippen molar-refractivity contribution in [2.45, 2.75) is 38.5 Å². The highest BCUT2D eigenvalue weighted by molar-refractivity contribution is 9.10. The first kappa shape index (κ1) is 21.0. The van der Waals surface area contributed by atoms with Crippen molar-refractivity contribution in [1.82, 2.24) is 4.31 Å². The van der Waals surface area contributed by atoms with Gasteiger partial charge < -0.3 is 5.32 Å². The van der Waals surface area contributed by atoms with Gasteiger partial charge in [0.2, 0.25) is 15.9 Å². The van der Waals surface area contributed by atoms with E-state index in [4.69, 9.17) is 0 Å². The summed E-state index contributed by atoms with van der Waals surface area (Å²) >= 11 is 3.42. The lowest BCUT2D eigenvalue weighted by atomic mass is 9.99. The smallest absolute Gasteiger partial charge is 0.243 e. The van der Waals surface area contributed by atoms with E-state index in [9.17, 15) is 13.2 Å². The zero-order valence-corrected chi connectivity index (χ0v) is 18.7. The zero-order valence-electron chi connectivity index (χ0n) is 16.3. The average molecular weight is 465 g/mol. The summed E-state index contributed by atoms with van der Waals surface area (Å²) < 4.78 is 28.9. The van der Waals surface area contributed by atoms with Crippen LogP contribution in [-0.2, 0) is 14.8 Å². The van der Waals surface area contributed by atoms with E-state index in [1.807, 2.05) is 57.2 Å². The average Bonchev–Trinajstić information content (AvgIpc) is 2.62. The maximum absolute atomic E-state index is 13.3. The van der Waals surface area contributed by atoms with Gasteiger partial charge in [0.25, 0.3) is 0 Å². The van der Waals surface area contributed by atoms with Gasteiger partial charge in [-0.15, -0.1) is 0 Å². The Morgan fingerprint density at radius 2 is 1.79 bits per heavy atom. The van der Waals surface area contributed by atoms with Gasteiger partial charge in [0.15, 0.2) is 0 Å². The molecule has 1 aliphatic rings. The van der Waals surface area contributed by atoms with Gasteiger partial charge in [0, 0.05) is 17.6 Å². The predicted molar refractivity (Wildman–Crippen MR) is 115 cm³/mol. The molecular formula is C21H25BrN2O3S. The topological polar surface area (TPSA) is 66.5 Å². The third-order valence-corrected chi connectivity index (χ3v) is 7.95. The number of halogens is 1. The number of para-hydroxylation sites is 1. The van der Waals surface area contributed by atoms with E-state index in [2.05, 4.69) is 21.2 Å². The standard InChI is InChI=1S/C21H25BrN2O3S/c1-14-11-15(2)20(16(3)12-14)28(26,27)24-10-6-7-17(13-24)21(25)23-19-9-5-4-8-18(19)22/h4-5,8-9,11-12,17H,6-7,10,13H2,1-3H3,(H,23,25)/t17-/m0/s1. The van der Waals surface area contributed by atoms with Gasteiger partial charge in [-0.3, -0.25) is 4.79 Å². The highest BCUT2D eigenvalue weighted by Gasteiger charge is 2.35. The highest BCUT2D eigenvalue weighted by Crippen LogP contribution is 2.30. The Labute approximate surface area is 175 Å². The number of hydrogen-bond acceptors (Lipinski definition) is 3. The maximum Gasteiger partial charge on any atom is 0.243 e. The first-order chi connectivity index (χ1) is 13.2. The Balaban J connectivity index is 1.81. The second-order valence-corrected chi connectivity index (χ2v) is 10.1. The second-order valence-electron chi connectivity index (χ2n) is 7.40. The molecule has 1 aliphatic heterocycles. The number of amides is 1. The van der Waals surface area contributed by atoms with Crippen molar-refractivity contribution in [3.63, 3.8) is 0 Å². The van der Waals surface area contributed by atoms with Gasteiger partial charge in [0.05, 0.1) is 16.5 Å². The van der Waals surface area contributed by atoms with E-state index < -0.39 is 10.0 Å². The van der Waals surface area contributed by atoms with Crippen LogP contribution in [-0.4, -0.2) is 31.7 Å². The summed E-state index contributed by atoms with van der Waals surface area (Å²) in [4.78, 5) is 13.1. The van der Waals surface area contributed by atoms with Crippen molar-refractivity contribution < 1.29 is 13.2 Å². The molecule has 1 fully saturated rings. The molecule has 1 amide bonds. The molecule has 0 aromatic heterocycles. The van der Waals surface area contributed by atoms with E-state index in [0.717, 1.165) is 21.2 Å². The van der Waals surface area contributed by atoms with Crippen molar-refractivity contribution in [3.05, 3.63) is 57.6 Å². The molecule has 0 unspecified atom stereocenters. The molecule has 0 bridgehead atoms. The summed E-state index contributed by atoms with van der Waals surface area (Å²) in [5.74, 6) is -0.522. The second kappa shape index (κ2) is 8.35. The fraction of sp³-hybridized carbons (Fsp3) is 0.381. The lowest BCUT2D eigenvalue weighted by molar-refractivity contribution is -0.120. The number of anilines is 1. The molecule has 1 N–H and O–H groups in total. The van der Waals surface area contributed by atoms with Crippen molar-refractivity contribution in [1.29, 1.82) is 0 Å². The van der Waals surface area contributed by atoms with Crippen LogP contribution in [0.5, 0.6) is 0 Å². The molecule has 28 heavy (non-hydrogen) atoms. The van der Waals surface area contributed by atoms with Crippen LogP contribution in [0.1, 0.15) is 29.5 Å². The van der Waals surface area contributed by atoms with Gasteiger partial charge >= 0.3 is 0 Å². The lowest BCUT2D eigenvalue weighted by Crippen LogP contribution is -2.44. The Hall–Kier alpha value is -1.70. The molecule has 1 atom stereocenters. The first-order valence-electron chi connectivity index (χ1n) is 9.33. The molecule has 2 aromatic carbocycles. The van der Waals surface area contributed by atoms with E-state index in [1.54, 1.807) is 0 Å². The fourth-order valence-corrected chi connectivity index (χ4v) is 6.19. The largest absolute Gasteiger partial charge is 0.325 e. The number of hydrogen-bond donors (Lipinski definition) is 1. The van der Waals surface area contributed by atoms with Crippen molar-refractivity contribution in [2.75, 3.05) is 18.4 Å². The number of benzene rings is 2. The van der Waals surface area contributed by atoms with Crippen LogP contribution in [0, 0.1) is 26.7 Å². The SMILES string of the molecule is Cc1cc(C)c(S(=O)(=O)N2CCC[C@H](C(=O)Nc3ccccc3Br)C2)c(C)c1. The normalized spacial score (nSPS) is 18.1. The number of sulfonamides is 1. The Morgan fingerprint density at radius 1 is 1.14 bits per heavy atom. The minimum atomic E-state index is -3.64. The molecule has 0 saturated carbocycles. The highest BCUT2D eigenvalue weighted by atomic mass is 79.9. The number of nitrogens with zero attached hydrogens (tertiary/aromatic N) is 1. The van der Waals surface area contributed by atoms with Gasteiger partial charge in [-0.2, -0.15) is 4.31 Å². The summed E-state index contributed by atoms with van der Waals surface area (Å²) in [5.41, 5.74) is 3.23. The van der Waals surface area contributed by atoms with E-state index >= 15 is 0 Å². The molecule has 0 radical (unpaired) electrons. The minimum absolute atomic E-state index is 0.149. The molecule has 2 aromatic rings. The molecule has 0 spiro atoms. The van der Waals surface area contributed by atoms with Gasteiger partial charge in [-0.1, -0.05) is 29.8 Å². The van der Waals surface area contributed by atoms with Crippen LogP contribution >= 0.6 is 15.9 Å². The minimum Gasteiger partial charge on any atom is -0.325 e. The van der Waals surface area contributed by atoms with Crippen LogP contribution in [0.4, 0.5) is 5.69 Å². The van der Waals surface area contributed by atoms with Gasteiger partial charge in [-0.05, 0) is 72.8 Å². The van der Waals surface area contributed by atoms with Crippen molar-refractivity contribution in [2.24, 2.45) is 5.92 Å². The maximum atomic E-state index is 13.3. The number of carbonyl (C=O) groups excluding carboxylic acids is 1. The van der Waals surface area contributed by atoms with Crippen molar-refractivity contribution in [3.8, 4) is 0 Å². The summed E-state index contributed by atoms with van der Waals surface area (Å²) in [6.45, 7) is 6.25. The third kappa shape index (κ3) is 4.31. The lowest BCUT2D eigenvalue weighted by Gasteiger charge is -2.32. The zero-order chi connectivity index (χ0) is 20.5. The quantitative estimate of drug-likeness (QED) is 0.728. The van der Waals surface area contributed by atoms with Crippen molar-refractivity contribution >= 4 is 37.5 Å². The van der Waals surface area contributed by atoms with E-state index in [0.29, 0.717) is 30.0 Å². The molecule has 1 heterocycles. The number of rotatable bonds is 4. The predicted octanol–water partition coefficient (Wildman–Crippen LogP) is 4.41. The third-order valence-electron chi connectivity index (χ3n) is 5.09. The summed E-state index contributed by atoms with van der Waals surface area (Å²) in [5, 5.41) is 2.91. The summed E-state index contributed by atoms with van der Waals surface area (Å²) in [6.07, 6.45) is 1.34. The van der Waals surface area contributed by atoms with E-state index in [1.165, 1.54) is 4.31 Å². The van der Waals surface area contributed by atoms with Crippen LogP contribution in [0.3, 0.4) is 0 Å². The number of nitrogens with one attached hydrogen (secondary N) is 1. The van der Waals surface area contributed by atoms with Crippen LogP contribution in [0.2, 0.25) is 0 Å². The molecule has 150 valence electrons. The van der Waals surface area contributed by atoms with Crippen LogP contribution < -0.4 is 5.32 Å². The number of carbonyl (C=O) groups is 1. The molecular weight excluding hydrogens is 440 g/mol. The first-order valence-corrected chi connectivity index (χ1v) is 11.6. The van der Waals surface area contributed by atoms with Crippen LogP contribution in [0.15, 0.2) is 45.8 Å².